The van der Waals surface area contributed by atoms with E-state index < -0.39 is 0 Å². The van der Waals surface area contributed by atoms with Crippen LogP contribution in [0.3, 0.4) is 0 Å². The molecule has 2 N–H and O–H groups in total. The summed E-state index contributed by atoms with van der Waals surface area (Å²) in [5.41, 5.74) is 1.72. The minimum absolute atomic E-state index is 0.0774. The molecule has 1 amide bonds. The van der Waals surface area contributed by atoms with Crippen molar-refractivity contribution in [2.75, 3.05) is 24.3 Å². The molecule has 0 aliphatic rings. The standard InChI is InChI=1S/C13H14N2O2S/c1-17-12-4-2-10(3-5-12)15-13(16)8-14-11-6-7-18-9-11/h2-7,9,14H,8H2,1H3,(H,15,16). The van der Waals surface area contributed by atoms with Crippen LogP contribution in [0.1, 0.15) is 0 Å². The predicted molar refractivity (Wildman–Crippen MR) is 74.4 cm³/mol. The molecule has 5 heteroatoms. The van der Waals surface area contributed by atoms with E-state index in [1.165, 1.54) is 0 Å². The fourth-order valence-electron chi connectivity index (χ4n) is 1.43. The lowest BCUT2D eigenvalue weighted by Gasteiger charge is -2.07. The van der Waals surface area contributed by atoms with Crippen LogP contribution in [0.25, 0.3) is 0 Å². The molecule has 2 rings (SSSR count). The van der Waals surface area contributed by atoms with Gasteiger partial charge in [0, 0.05) is 16.8 Å². The van der Waals surface area contributed by atoms with Gasteiger partial charge in [-0.1, -0.05) is 0 Å². The van der Waals surface area contributed by atoms with Crippen molar-refractivity contribution in [2.45, 2.75) is 0 Å². The number of anilines is 2. The minimum atomic E-state index is -0.0774. The second-order valence-electron chi connectivity index (χ2n) is 3.64. The van der Waals surface area contributed by atoms with Crippen LogP contribution in [0.5, 0.6) is 5.75 Å². The first-order valence-corrected chi connectivity index (χ1v) is 6.42. The third-order valence-corrected chi connectivity index (χ3v) is 3.03. The van der Waals surface area contributed by atoms with Crippen molar-refractivity contribution in [1.29, 1.82) is 0 Å². The first-order valence-electron chi connectivity index (χ1n) is 5.48. The number of hydrogen-bond acceptors (Lipinski definition) is 4. The summed E-state index contributed by atoms with van der Waals surface area (Å²) < 4.78 is 5.05. The molecule has 0 saturated heterocycles. The smallest absolute Gasteiger partial charge is 0.243 e. The van der Waals surface area contributed by atoms with E-state index in [1.807, 2.05) is 29.0 Å². The third kappa shape index (κ3) is 3.49. The Hall–Kier alpha value is -2.01. The van der Waals surface area contributed by atoms with Gasteiger partial charge in [-0.05, 0) is 35.7 Å². The highest BCUT2D eigenvalue weighted by molar-refractivity contribution is 7.08. The average molecular weight is 262 g/mol. The molecule has 0 aliphatic carbocycles. The molecule has 0 bridgehead atoms. The molecule has 0 aliphatic heterocycles. The molecular weight excluding hydrogens is 248 g/mol. The van der Waals surface area contributed by atoms with Crippen LogP contribution in [0.2, 0.25) is 0 Å². The maximum Gasteiger partial charge on any atom is 0.243 e. The van der Waals surface area contributed by atoms with Crippen molar-refractivity contribution < 1.29 is 9.53 Å². The molecule has 0 atom stereocenters. The molecule has 0 unspecified atom stereocenters. The Balaban J connectivity index is 1.83. The largest absolute Gasteiger partial charge is 0.497 e. The first-order chi connectivity index (χ1) is 8.78. The molecule has 0 radical (unpaired) electrons. The van der Waals surface area contributed by atoms with Gasteiger partial charge in [-0.25, -0.2) is 0 Å². The van der Waals surface area contributed by atoms with Gasteiger partial charge in [0.05, 0.1) is 13.7 Å². The second kappa shape index (κ2) is 6.07. The summed E-state index contributed by atoms with van der Waals surface area (Å²) in [6.07, 6.45) is 0. The number of carbonyl (C=O) groups excluding carboxylic acids is 1. The number of ether oxygens (including phenoxy) is 1. The quantitative estimate of drug-likeness (QED) is 0.871. The van der Waals surface area contributed by atoms with Crippen molar-refractivity contribution in [3.8, 4) is 5.75 Å². The Morgan fingerprint density at radius 1 is 1.22 bits per heavy atom. The minimum Gasteiger partial charge on any atom is -0.497 e. The lowest BCUT2D eigenvalue weighted by atomic mass is 10.3. The van der Waals surface area contributed by atoms with Gasteiger partial charge in [-0.3, -0.25) is 4.79 Å². The molecule has 1 aromatic heterocycles. The van der Waals surface area contributed by atoms with Gasteiger partial charge in [0.25, 0.3) is 0 Å². The van der Waals surface area contributed by atoms with Crippen LogP contribution < -0.4 is 15.4 Å². The number of hydrogen-bond donors (Lipinski definition) is 2. The summed E-state index contributed by atoms with van der Waals surface area (Å²) in [7, 11) is 1.61. The van der Waals surface area contributed by atoms with Gasteiger partial charge in [0.15, 0.2) is 0 Å². The maximum absolute atomic E-state index is 11.7. The Morgan fingerprint density at radius 3 is 2.61 bits per heavy atom. The van der Waals surface area contributed by atoms with Crippen molar-refractivity contribution in [1.82, 2.24) is 0 Å². The summed E-state index contributed by atoms with van der Waals surface area (Å²) in [5, 5.41) is 9.76. The number of amides is 1. The van der Waals surface area contributed by atoms with Crippen LogP contribution >= 0.6 is 11.3 Å². The molecule has 18 heavy (non-hydrogen) atoms. The Labute approximate surface area is 110 Å². The highest BCUT2D eigenvalue weighted by atomic mass is 32.1. The van der Waals surface area contributed by atoms with Crippen molar-refractivity contribution >= 4 is 28.6 Å². The molecule has 0 fully saturated rings. The van der Waals surface area contributed by atoms with E-state index in [4.69, 9.17) is 4.74 Å². The van der Waals surface area contributed by atoms with E-state index in [2.05, 4.69) is 10.6 Å². The Morgan fingerprint density at radius 2 is 2.00 bits per heavy atom. The fourth-order valence-corrected chi connectivity index (χ4v) is 2.04. The van der Waals surface area contributed by atoms with E-state index >= 15 is 0 Å². The van der Waals surface area contributed by atoms with Gasteiger partial charge in [-0.2, -0.15) is 11.3 Å². The molecular formula is C13H14N2O2S. The molecule has 0 spiro atoms. The zero-order chi connectivity index (χ0) is 12.8. The molecule has 0 saturated carbocycles. The number of thiophene rings is 1. The van der Waals surface area contributed by atoms with Crippen LogP contribution in [-0.2, 0) is 4.79 Å². The number of rotatable bonds is 5. The third-order valence-electron chi connectivity index (χ3n) is 2.35. The number of methoxy groups -OCH3 is 1. The monoisotopic (exact) mass is 262 g/mol. The predicted octanol–water partition coefficient (Wildman–Crippen LogP) is 2.81. The van der Waals surface area contributed by atoms with E-state index in [0.717, 1.165) is 17.1 Å². The van der Waals surface area contributed by atoms with E-state index in [9.17, 15) is 4.79 Å². The van der Waals surface area contributed by atoms with E-state index in [1.54, 1.807) is 30.6 Å². The molecule has 2 aromatic rings. The van der Waals surface area contributed by atoms with Crippen LogP contribution in [0.4, 0.5) is 11.4 Å². The molecule has 1 heterocycles. The van der Waals surface area contributed by atoms with Crippen molar-refractivity contribution in [3.63, 3.8) is 0 Å². The maximum atomic E-state index is 11.7. The van der Waals surface area contributed by atoms with Crippen LogP contribution in [-0.4, -0.2) is 19.6 Å². The first kappa shape index (κ1) is 12.4. The highest BCUT2D eigenvalue weighted by Gasteiger charge is 2.02. The van der Waals surface area contributed by atoms with Gasteiger partial charge >= 0.3 is 0 Å². The second-order valence-corrected chi connectivity index (χ2v) is 4.42. The average Bonchev–Trinajstić information content (AvgIpc) is 2.90. The topological polar surface area (TPSA) is 50.4 Å². The van der Waals surface area contributed by atoms with Crippen molar-refractivity contribution in [2.24, 2.45) is 0 Å². The van der Waals surface area contributed by atoms with Crippen LogP contribution in [0, 0.1) is 0 Å². The summed E-state index contributed by atoms with van der Waals surface area (Å²) in [4.78, 5) is 11.7. The summed E-state index contributed by atoms with van der Waals surface area (Å²) in [5.74, 6) is 0.691. The van der Waals surface area contributed by atoms with Crippen LogP contribution in [0.15, 0.2) is 41.1 Å². The zero-order valence-electron chi connectivity index (χ0n) is 9.97. The Bertz CT molecular complexity index is 494. The summed E-state index contributed by atoms with van der Waals surface area (Å²) in [6.45, 7) is 0.253. The molecule has 94 valence electrons. The number of benzene rings is 1. The van der Waals surface area contributed by atoms with Gasteiger partial charge < -0.3 is 15.4 Å². The van der Waals surface area contributed by atoms with E-state index in [0.29, 0.717) is 0 Å². The molecule has 4 nitrogen and oxygen atoms in total. The Kier molecular flexibility index (Phi) is 4.20. The zero-order valence-corrected chi connectivity index (χ0v) is 10.8. The normalized spacial score (nSPS) is 9.83. The summed E-state index contributed by atoms with van der Waals surface area (Å²) in [6, 6.07) is 9.16. The SMILES string of the molecule is COc1ccc(NC(=O)CNc2ccsc2)cc1. The number of carbonyl (C=O) groups is 1. The lowest BCUT2D eigenvalue weighted by Crippen LogP contribution is -2.21. The highest BCUT2D eigenvalue weighted by Crippen LogP contribution is 2.15. The lowest BCUT2D eigenvalue weighted by molar-refractivity contribution is -0.114. The number of nitrogens with one attached hydrogen (secondary N) is 2. The summed E-state index contributed by atoms with van der Waals surface area (Å²) >= 11 is 1.59. The van der Waals surface area contributed by atoms with Crippen molar-refractivity contribution in [3.05, 3.63) is 41.1 Å². The fraction of sp³-hybridized carbons (Fsp3) is 0.154. The van der Waals surface area contributed by atoms with Gasteiger partial charge in [-0.15, -0.1) is 0 Å². The molecule has 1 aromatic carbocycles. The van der Waals surface area contributed by atoms with E-state index in [-0.39, 0.29) is 12.5 Å². The van der Waals surface area contributed by atoms with Gasteiger partial charge in [0.1, 0.15) is 5.75 Å². The van der Waals surface area contributed by atoms with Gasteiger partial charge in [0.2, 0.25) is 5.91 Å².